The largest absolute Gasteiger partial charge is 0.493 e. The highest BCUT2D eigenvalue weighted by atomic mass is 16.5. The van der Waals surface area contributed by atoms with Crippen LogP contribution in [0.15, 0.2) is 103 Å². The van der Waals surface area contributed by atoms with Crippen LogP contribution in [0, 0.1) is 0 Å². The molecule has 8 nitrogen and oxygen atoms in total. The van der Waals surface area contributed by atoms with E-state index in [1.807, 2.05) is 78.9 Å². The number of nitrogens with two attached hydrogens (primary N) is 1. The lowest BCUT2D eigenvalue weighted by Gasteiger charge is -2.16. The molecule has 0 aromatic heterocycles. The van der Waals surface area contributed by atoms with Crippen molar-refractivity contribution < 1.29 is 33.6 Å². The smallest absolute Gasteiger partial charge is 0.320 e. The quantitative estimate of drug-likeness (QED) is 0.181. The SMILES string of the molecule is COc1cccc(/C=C/C(C)=O)c1OCc1ccccc1.COc1cccc(C[C@H](N)C(=O)O)c1OCc1ccccc1. The fraction of sp³-hybridized carbons (Fsp3) is 0.200. The molecule has 8 heteroatoms. The van der Waals surface area contributed by atoms with Crippen LogP contribution >= 0.6 is 0 Å². The first-order valence-electron chi connectivity index (χ1n) is 13.7. The number of para-hydroxylation sites is 2. The van der Waals surface area contributed by atoms with Gasteiger partial charge in [-0.1, -0.05) is 84.9 Å². The number of ketones is 1. The Bertz CT molecular complexity index is 1490. The maximum Gasteiger partial charge on any atom is 0.320 e. The number of allylic oxidation sites excluding steroid dienone is 1. The van der Waals surface area contributed by atoms with Crippen LogP contribution in [0.3, 0.4) is 0 Å². The van der Waals surface area contributed by atoms with Crippen molar-refractivity contribution in [1.82, 2.24) is 0 Å². The molecule has 4 aromatic carbocycles. The van der Waals surface area contributed by atoms with E-state index in [1.165, 1.54) is 13.0 Å². The van der Waals surface area contributed by atoms with E-state index in [0.717, 1.165) is 16.7 Å². The number of methoxy groups -OCH3 is 2. The highest BCUT2D eigenvalue weighted by Crippen LogP contribution is 2.33. The first kappa shape index (κ1) is 32.4. The van der Waals surface area contributed by atoms with Gasteiger partial charge in [-0.15, -0.1) is 0 Å². The third-order valence-electron chi connectivity index (χ3n) is 6.22. The van der Waals surface area contributed by atoms with Crippen molar-refractivity contribution in [1.29, 1.82) is 0 Å². The Kier molecular flexibility index (Phi) is 12.8. The molecule has 0 spiro atoms. The summed E-state index contributed by atoms with van der Waals surface area (Å²) in [6, 6.07) is 29.6. The highest BCUT2D eigenvalue weighted by molar-refractivity contribution is 5.92. The molecule has 0 amide bonds. The molecule has 0 saturated carbocycles. The monoisotopic (exact) mass is 583 g/mol. The van der Waals surface area contributed by atoms with E-state index in [9.17, 15) is 9.59 Å². The minimum Gasteiger partial charge on any atom is -0.493 e. The van der Waals surface area contributed by atoms with Gasteiger partial charge in [0.1, 0.15) is 19.3 Å². The lowest BCUT2D eigenvalue weighted by atomic mass is 10.0. The zero-order valence-corrected chi connectivity index (χ0v) is 24.6. The number of ether oxygens (including phenoxy) is 4. The first-order valence-corrected chi connectivity index (χ1v) is 13.7. The van der Waals surface area contributed by atoms with Crippen LogP contribution in [-0.4, -0.2) is 37.1 Å². The van der Waals surface area contributed by atoms with E-state index in [2.05, 4.69) is 0 Å². The summed E-state index contributed by atoms with van der Waals surface area (Å²) in [5.41, 5.74) is 9.24. The van der Waals surface area contributed by atoms with Gasteiger partial charge in [0.15, 0.2) is 28.8 Å². The van der Waals surface area contributed by atoms with Crippen LogP contribution in [0.4, 0.5) is 0 Å². The highest BCUT2D eigenvalue weighted by Gasteiger charge is 2.18. The molecule has 0 bridgehead atoms. The molecule has 0 aliphatic rings. The average Bonchev–Trinajstić information content (AvgIpc) is 3.03. The number of carbonyl (C=O) groups excluding carboxylic acids is 1. The normalized spacial score (nSPS) is 11.2. The summed E-state index contributed by atoms with van der Waals surface area (Å²) < 4.78 is 22.4. The number of rotatable bonds is 13. The lowest BCUT2D eigenvalue weighted by Crippen LogP contribution is -2.32. The van der Waals surface area contributed by atoms with Crippen LogP contribution in [0.25, 0.3) is 6.08 Å². The van der Waals surface area contributed by atoms with Crippen molar-refractivity contribution in [3.63, 3.8) is 0 Å². The molecule has 43 heavy (non-hydrogen) atoms. The van der Waals surface area contributed by atoms with Gasteiger partial charge in [0, 0.05) is 17.5 Å². The summed E-state index contributed by atoms with van der Waals surface area (Å²) in [5.74, 6) is 1.33. The van der Waals surface area contributed by atoms with E-state index in [1.54, 1.807) is 38.5 Å². The van der Waals surface area contributed by atoms with Gasteiger partial charge in [0.25, 0.3) is 0 Å². The Morgan fingerprint density at radius 3 is 1.77 bits per heavy atom. The summed E-state index contributed by atoms with van der Waals surface area (Å²) >= 11 is 0. The molecule has 4 rings (SSSR count). The third kappa shape index (κ3) is 10.4. The number of carboxylic acids is 1. The number of aliphatic carboxylic acids is 1. The van der Waals surface area contributed by atoms with Crippen molar-refractivity contribution >= 4 is 17.8 Å². The zero-order chi connectivity index (χ0) is 31.0. The molecular weight excluding hydrogens is 546 g/mol. The van der Waals surface area contributed by atoms with Crippen molar-refractivity contribution in [3.05, 3.63) is 125 Å². The van der Waals surface area contributed by atoms with Gasteiger partial charge in [-0.2, -0.15) is 0 Å². The van der Waals surface area contributed by atoms with Gasteiger partial charge >= 0.3 is 5.97 Å². The Morgan fingerprint density at radius 2 is 1.26 bits per heavy atom. The minimum absolute atomic E-state index is 0.00757. The van der Waals surface area contributed by atoms with Gasteiger partial charge in [-0.25, -0.2) is 0 Å². The molecule has 4 aromatic rings. The molecule has 1 atom stereocenters. The second kappa shape index (κ2) is 17.0. The fourth-order valence-electron chi connectivity index (χ4n) is 4.02. The van der Waals surface area contributed by atoms with Gasteiger partial charge in [-0.3, -0.25) is 9.59 Å². The summed E-state index contributed by atoms with van der Waals surface area (Å²) in [5, 5.41) is 8.97. The maximum absolute atomic E-state index is 11.1. The standard InChI is InChI=1S/C18H18O3.C17H19NO4/c1-14(19)11-12-16-9-6-10-17(20-2)18(16)21-13-15-7-4-3-5-8-15;1-21-15-9-5-8-13(10-14(18)17(19)20)16(15)22-11-12-6-3-2-4-7-12/h3-12H,13H2,1-2H3;2-9,14H,10-11,18H2,1H3,(H,19,20)/b12-11+;/t;14-/m.0/s1. The molecule has 0 aliphatic carbocycles. The van der Waals surface area contributed by atoms with Crippen molar-refractivity contribution in [2.24, 2.45) is 5.73 Å². The average molecular weight is 584 g/mol. The summed E-state index contributed by atoms with van der Waals surface area (Å²) in [6.07, 6.45) is 3.44. The molecule has 0 unspecified atom stereocenters. The fourth-order valence-corrected chi connectivity index (χ4v) is 4.02. The van der Waals surface area contributed by atoms with Gasteiger partial charge in [-0.05, 0) is 42.3 Å². The molecule has 0 saturated heterocycles. The summed E-state index contributed by atoms with van der Waals surface area (Å²) in [7, 11) is 3.15. The molecular formula is C35H37NO7. The molecule has 0 fully saturated rings. The Balaban J connectivity index is 0.000000236. The van der Waals surface area contributed by atoms with Crippen LogP contribution in [0.1, 0.15) is 29.2 Å². The Hall–Kier alpha value is -5.08. The van der Waals surface area contributed by atoms with Gasteiger partial charge in [0.2, 0.25) is 0 Å². The topological polar surface area (TPSA) is 117 Å². The number of hydrogen-bond acceptors (Lipinski definition) is 7. The lowest BCUT2D eigenvalue weighted by molar-refractivity contribution is -0.138. The Morgan fingerprint density at radius 1 is 0.744 bits per heavy atom. The van der Waals surface area contributed by atoms with E-state index < -0.39 is 12.0 Å². The van der Waals surface area contributed by atoms with Crippen LogP contribution in [0.2, 0.25) is 0 Å². The minimum atomic E-state index is -1.04. The molecule has 0 radical (unpaired) electrons. The van der Waals surface area contributed by atoms with Gasteiger partial charge in [0.05, 0.1) is 14.2 Å². The van der Waals surface area contributed by atoms with Crippen molar-refractivity contribution in [2.75, 3.05) is 14.2 Å². The predicted octanol–water partition coefficient (Wildman–Crippen LogP) is 6.11. The molecule has 3 N–H and O–H groups in total. The van der Waals surface area contributed by atoms with Crippen molar-refractivity contribution in [2.45, 2.75) is 32.6 Å². The third-order valence-corrected chi connectivity index (χ3v) is 6.22. The molecule has 0 aliphatic heterocycles. The van der Waals surface area contributed by atoms with E-state index >= 15 is 0 Å². The summed E-state index contributed by atoms with van der Waals surface area (Å²) in [4.78, 5) is 22.1. The maximum atomic E-state index is 11.1. The second-order valence-corrected chi connectivity index (χ2v) is 9.47. The molecule has 0 heterocycles. The zero-order valence-electron chi connectivity index (χ0n) is 24.6. The van der Waals surface area contributed by atoms with Crippen LogP contribution in [-0.2, 0) is 29.2 Å². The van der Waals surface area contributed by atoms with Crippen LogP contribution in [0.5, 0.6) is 23.0 Å². The van der Waals surface area contributed by atoms with Crippen LogP contribution < -0.4 is 24.7 Å². The van der Waals surface area contributed by atoms with Crippen molar-refractivity contribution in [3.8, 4) is 23.0 Å². The number of carboxylic acid groups (broad SMARTS) is 1. The first-order chi connectivity index (χ1) is 20.8. The number of benzene rings is 4. The van der Waals surface area contributed by atoms with E-state index in [0.29, 0.717) is 41.8 Å². The second-order valence-electron chi connectivity index (χ2n) is 9.47. The Labute approximate surface area is 252 Å². The predicted molar refractivity (Wildman–Crippen MR) is 167 cm³/mol. The molecule has 224 valence electrons. The number of hydrogen-bond donors (Lipinski definition) is 2. The summed E-state index contributed by atoms with van der Waals surface area (Å²) in [6.45, 7) is 2.33. The van der Waals surface area contributed by atoms with E-state index in [-0.39, 0.29) is 12.2 Å². The van der Waals surface area contributed by atoms with Gasteiger partial charge < -0.3 is 29.8 Å². The van der Waals surface area contributed by atoms with E-state index in [4.69, 9.17) is 29.8 Å². The number of carbonyl (C=O) groups is 2.